The van der Waals surface area contributed by atoms with Crippen molar-refractivity contribution in [2.24, 2.45) is 0 Å². The van der Waals surface area contributed by atoms with E-state index in [1.54, 1.807) is 12.1 Å². The minimum Gasteiger partial charge on any atom is -0.486 e. The summed E-state index contributed by atoms with van der Waals surface area (Å²) in [6.45, 7) is 1.08. The Morgan fingerprint density at radius 3 is 2.68 bits per heavy atom. The van der Waals surface area contributed by atoms with Crippen molar-refractivity contribution in [2.45, 2.75) is 0 Å². The van der Waals surface area contributed by atoms with Crippen LogP contribution in [-0.2, 0) is 0 Å². The summed E-state index contributed by atoms with van der Waals surface area (Å²) in [4.78, 5) is 3.96. The van der Waals surface area contributed by atoms with Gasteiger partial charge in [0.25, 0.3) is 0 Å². The molecule has 2 aromatic rings. The maximum Gasteiger partial charge on any atom is 0.245 e. The molecule has 3 rings (SSSR count). The molecule has 0 saturated carbocycles. The molecular formula is C11H8Cl2N4O2. The van der Waals surface area contributed by atoms with Gasteiger partial charge in [-0.25, -0.2) is 0 Å². The summed E-state index contributed by atoms with van der Waals surface area (Å²) in [5.74, 6) is 1.71. The van der Waals surface area contributed by atoms with Crippen LogP contribution in [-0.4, -0.2) is 28.4 Å². The molecule has 98 valence electrons. The van der Waals surface area contributed by atoms with E-state index < -0.39 is 0 Å². The first-order chi connectivity index (χ1) is 9.22. The van der Waals surface area contributed by atoms with Crippen LogP contribution in [0.2, 0.25) is 10.4 Å². The second-order valence-corrected chi connectivity index (χ2v) is 4.40. The number of hydrogen-bond acceptors (Lipinski definition) is 6. The van der Waals surface area contributed by atoms with Crippen molar-refractivity contribution in [2.75, 3.05) is 18.5 Å². The van der Waals surface area contributed by atoms with Crippen LogP contribution in [0.1, 0.15) is 0 Å². The molecule has 0 radical (unpaired) electrons. The number of aromatic nitrogens is 3. The highest BCUT2D eigenvalue weighted by Crippen LogP contribution is 2.34. The Morgan fingerprint density at radius 2 is 1.84 bits per heavy atom. The van der Waals surface area contributed by atoms with Crippen LogP contribution in [0, 0.1) is 0 Å². The summed E-state index contributed by atoms with van der Waals surface area (Å²) < 4.78 is 10.9. The zero-order chi connectivity index (χ0) is 13.2. The van der Waals surface area contributed by atoms with Gasteiger partial charge in [-0.1, -0.05) is 11.6 Å². The highest BCUT2D eigenvalue weighted by atomic mass is 35.5. The van der Waals surface area contributed by atoms with Gasteiger partial charge in [0.15, 0.2) is 22.5 Å². The van der Waals surface area contributed by atoms with Gasteiger partial charge in [0.1, 0.15) is 13.2 Å². The van der Waals surface area contributed by atoms with E-state index in [2.05, 4.69) is 20.5 Å². The molecule has 0 saturated heterocycles. The number of rotatable bonds is 2. The molecule has 0 spiro atoms. The third-order valence-corrected chi connectivity index (χ3v) is 2.84. The molecule has 0 unspecified atom stereocenters. The fraction of sp³-hybridized carbons (Fsp3) is 0.182. The molecule has 0 bridgehead atoms. The van der Waals surface area contributed by atoms with Gasteiger partial charge in [-0.3, -0.25) is 0 Å². The van der Waals surface area contributed by atoms with Crippen LogP contribution in [0.15, 0.2) is 18.2 Å². The Balaban J connectivity index is 1.89. The lowest BCUT2D eigenvalue weighted by Crippen LogP contribution is -2.15. The number of hydrogen-bond donors (Lipinski definition) is 1. The maximum atomic E-state index is 5.88. The van der Waals surface area contributed by atoms with Gasteiger partial charge in [-0.15, -0.1) is 10.2 Å². The topological polar surface area (TPSA) is 69.2 Å². The number of halogens is 2. The lowest BCUT2D eigenvalue weighted by Gasteiger charge is -2.19. The molecule has 1 aliphatic rings. The van der Waals surface area contributed by atoms with E-state index in [0.717, 1.165) is 5.69 Å². The lowest BCUT2D eigenvalue weighted by molar-refractivity contribution is 0.171. The van der Waals surface area contributed by atoms with Crippen molar-refractivity contribution >= 4 is 34.7 Å². The van der Waals surface area contributed by atoms with Crippen LogP contribution in [0.3, 0.4) is 0 Å². The van der Waals surface area contributed by atoms with Crippen molar-refractivity contribution in [1.29, 1.82) is 0 Å². The number of anilines is 2. The fourth-order valence-corrected chi connectivity index (χ4v) is 1.88. The van der Waals surface area contributed by atoms with Crippen LogP contribution in [0.25, 0.3) is 0 Å². The SMILES string of the molecule is Clc1nnc(Cl)c(Nc2ccc3c(c2)OCCO3)n1. The predicted molar refractivity (Wildman–Crippen MR) is 70.6 cm³/mol. The quantitative estimate of drug-likeness (QED) is 0.919. The van der Waals surface area contributed by atoms with E-state index >= 15 is 0 Å². The molecule has 1 aromatic carbocycles. The molecule has 8 heteroatoms. The second kappa shape index (κ2) is 5.07. The number of ether oxygens (including phenoxy) is 2. The average molecular weight is 299 g/mol. The Labute approximate surface area is 118 Å². The molecule has 0 amide bonds. The van der Waals surface area contributed by atoms with Gasteiger partial charge in [-0.05, 0) is 23.7 Å². The van der Waals surface area contributed by atoms with Gasteiger partial charge < -0.3 is 14.8 Å². The van der Waals surface area contributed by atoms with E-state index in [9.17, 15) is 0 Å². The molecule has 0 aliphatic carbocycles. The summed E-state index contributed by atoms with van der Waals surface area (Å²) in [7, 11) is 0. The molecule has 0 fully saturated rings. The van der Waals surface area contributed by atoms with Gasteiger partial charge in [-0.2, -0.15) is 4.98 Å². The van der Waals surface area contributed by atoms with Crippen molar-refractivity contribution < 1.29 is 9.47 Å². The van der Waals surface area contributed by atoms with Gasteiger partial charge in [0.2, 0.25) is 5.28 Å². The van der Waals surface area contributed by atoms with Gasteiger partial charge >= 0.3 is 0 Å². The van der Waals surface area contributed by atoms with Crippen LogP contribution >= 0.6 is 23.2 Å². The normalized spacial score (nSPS) is 13.2. The first-order valence-corrected chi connectivity index (χ1v) is 6.20. The second-order valence-electron chi connectivity index (χ2n) is 3.70. The number of nitrogens with one attached hydrogen (secondary N) is 1. The number of benzene rings is 1. The van der Waals surface area contributed by atoms with Crippen molar-refractivity contribution in [3.05, 3.63) is 28.6 Å². The molecule has 1 aliphatic heterocycles. The number of fused-ring (bicyclic) bond motifs is 1. The lowest BCUT2D eigenvalue weighted by atomic mass is 10.2. The molecule has 1 aromatic heterocycles. The first-order valence-electron chi connectivity index (χ1n) is 5.45. The Bertz CT molecular complexity index is 624. The van der Waals surface area contributed by atoms with Crippen molar-refractivity contribution in [3.63, 3.8) is 0 Å². The molecule has 6 nitrogen and oxygen atoms in total. The number of nitrogens with zero attached hydrogens (tertiary/aromatic N) is 3. The minimum absolute atomic E-state index is 0.0180. The zero-order valence-corrected chi connectivity index (χ0v) is 11.1. The molecule has 0 atom stereocenters. The Hall–Kier alpha value is -1.79. The van der Waals surface area contributed by atoms with E-state index in [1.807, 2.05) is 6.07 Å². The average Bonchev–Trinajstić information content (AvgIpc) is 2.43. The molecular weight excluding hydrogens is 291 g/mol. The van der Waals surface area contributed by atoms with E-state index in [4.69, 9.17) is 32.7 Å². The maximum absolute atomic E-state index is 5.88. The van der Waals surface area contributed by atoms with Crippen molar-refractivity contribution in [3.8, 4) is 11.5 Å². The standard InChI is InChI=1S/C11H8Cl2N4O2/c12-9-10(15-11(13)17-16-9)14-6-1-2-7-8(5-6)19-4-3-18-7/h1-2,5H,3-4H2,(H,14,15,17). The monoisotopic (exact) mass is 298 g/mol. The third-order valence-electron chi connectivity index (χ3n) is 2.42. The largest absolute Gasteiger partial charge is 0.486 e. The summed E-state index contributed by atoms with van der Waals surface area (Å²) in [5.41, 5.74) is 0.739. The summed E-state index contributed by atoms with van der Waals surface area (Å²) in [5, 5.41) is 10.4. The highest BCUT2D eigenvalue weighted by Gasteiger charge is 2.13. The summed E-state index contributed by atoms with van der Waals surface area (Å²) in [6.07, 6.45) is 0. The van der Waals surface area contributed by atoms with E-state index in [-0.39, 0.29) is 10.4 Å². The molecule has 1 N–H and O–H groups in total. The van der Waals surface area contributed by atoms with E-state index in [1.165, 1.54) is 0 Å². The minimum atomic E-state index is 0.0180. The third kappa shape index (κ3) is 2.64. The molecule has 2 heterocycles. The fourth-order valence-electron chi connectivity index (χ4n) is 1.63. The zero-order valence-electron chi connectivity index (χ0n) is 9.56. The summed E-state index contributed by atoms with van der Waals surface area (Å²) in [6, 6.07) is 5.42. The van der Waals surface area contributed by atoms with Gasteiger partial charge in [0, 0.05) is 11.8 Å². The van der Waals surface area contributed by atoms with E-state index in [0.29, 0.717) is 30.5 Å². The van der Waals surface area contributed by atoms with Crippen LogP contribution < -0.4 is 14.8 Å². The molecule has 19 heavy (non-hydrogen) atoms. The Morgan fingerprint density at radius 1 is 1.05 bits per heavy atom. The summed E-state index contributed by atoms with van der Waals surface area (Å²) >= 11 is 11.5. The van der Waals surface area contributed by atoms with Crippen LogP contribution in [0.4, 0.5) is 11.5 Å². The van der Waals surface area contributed by atoms with Crippen LogP contribution in [0.5, 0.6) is 11.5 Å². The highest BCUT2D eigenvalue weighted by molar-refractivity contribution is 6.32. The smallest absolute Gasteiger partial charge is 0.245 e. The van der Waals surface area contributed by atoms with Crippen molar-refractivity contribution in [1.82, 2.24) is 15.2 Å². The Kier molecular flexibility index (Phi) is 3.27. The first kappa shape index (κ1) is 12.3. The predicted octanol–water partition coefficient (Wildman–Crippen LogP) is 2.69. The van der Waals surface area contributed by atoms with Gasteiger partial charge in [0.05, 0.1) is 0 Å².